The minimum atomic E-state index is -4.19. The molecule has 0 spiro atoms. The zero-order chi connectivity index (χ0) is 14.6. The van der Waals surface area contributed by atoms with Gasteiger partial charge in [-0.05, 0) is 31.0 Å². The van der Waals surface area contributed by atoms with Crippen molar-refractivity contribution in [2.75, 3.05) is 0 Å². The number of carboxylic acids is 1. The van der Waals surface area contributed by atoms with Crippen molar-refractivity contribution in [3.63, 3.8) is 0 Å². The molecule has 0 heterocycles. The molecule has 19 heavy (non-hydrogen) atoms. The zero-order valence-electron chi connectivity index (χ0n) is 10.7. The number of carbonyl (C=O) groups is 1. The fourth-order valence-corrected chi connectivity index (χ4v) is 2.97. The lowest BCUT2D eigenvalue weighted by Crippen LogP contribution is -2.40. The summed E-state index contributed by atoms with van der Waals surface area (Å²) in [5.41, 5.74) is 0.573. The van der Waals surface area contributed by atoms with E-state index in [1.165, 1.54) is 12.1 Å². The van der Waals surface area contributed by atoms with Gasteiger partial charge in [0.15, 0.2) is 0 Å². The third kappa shape index (κ3) is 4.00. The van der Waals surface area contributed by atoms with Gasteiger partial charge in [0.05, 0.1) is 0 Å². The Morgan fingerprint density at radius 3 is 2.63 bits per heavy atom. The first-order valence-electron chi connectivity index (χ1n) is 5.79. The molecule has 0 aliphatic heterocycles. The molecule has 0 saturated heterocycles. The molecule has 1 aromatic carbocycles. The number of hydrogen-bond donors (Lipinski definition) is 2. The highest BCUT2D eigenvalue weighted by Crippen LogP contribution is 2.17. The van der Waals surface area contributed by atoms with Gasteiger partial charge < -0.3 is 5.11 Å². The van der Waals surface area contributed by atoms with Crippen molar-refractivity contribution in [2.24, 2.45) is 0 Å². The van der Waals surface area contributed by atoms with E-state index in [4.69, 9.17) is 5.11 Å². The van der Waals surface area contributed by atoms with Crippen LogP contribution in [0.5, 0.6) is 0 Å². The maximum Gasteiger partial charge on any atom is 0.321 e. The van der Waals surface area contributed by atoms with Crippen LogP contribution in [-0.4, -0.2) is 25.5 Å². The predicted molar refractivity (Wildman–Crippen MR) is 67.8 cm³/mol. The number of benzene rings is 1. The summed E-state index contributed by atoms with van der Waals surface area (Å²) in [7, 11) is -4.19. The Morgan fingerprint density at radius 2 is 2.11 bits per heavy atom. The van der Waals surface area contributed by atoms with Crippen molar-refractivity contribution in [2.45, 2.75) is 37.6 Å². The Bertz CT molecular complexity index is 571. The lowest BCUT2D eigenvalue weighted by molar-refractivity contribution is -0.139. The molecular formula is C12H16FNO4S. The second kappa shape index (κ2) is 6.12. The fourth-order valence-electron chi connectivity index (χ4n) is 1.59. The van der Waals surface area contributed by atoms with Crippen molar-refractivity contribution in [3.8, 4) is 0 Å². The molecule has 2 N–H and O–H groups in total. The molecule has 0 saturated carbocycles. The van der Waals surface area contributed by atoms with Crippen LogP contribution in [-0.2, 0) is 14.8 Å². The van der Waals surface area contributed by atoms with Gasteiger partial charge in [0.2, 0.25) is 10.0 Å². The first kappa shape index (κ1) is 15.6. The van der Waals surface area contributed by atoms with Gasteiger partial charge in [-0.25, -0.2) is 12.8 Å². The van der Waals surface area contributed by atoms with Gasteiger partial charge in [0.1, 0.15) is 16.8 Å². The molecule has 7 heteroatoms. The van der Waals surface area contributed by atoms with Crippen LogP contribution in [0.2, 0.25) is 0 Å². The van der Waals surface area contributed by atoms with Crippen LogP contribution in [0.3, 0.4) is 0 Å². The highest BCUT2D eigenvalue weighted by atomic mass is 32.2. The minimum absolute atomic E-state index is 0.141. The number of nitrogens with one attached hydrogen (secondary N) is 1. The average molecular weight is 289 g/mol. The summed E-state index contributed by atoms with van der Waals surface area (Å²) in [6.07, 6.45) is 0.637. The second-order valence-corrected chi connectivity index (χ2v) is 5.92. The van der Waals surface area contributed by atoms with Crippen LogP contribution in [0.15, 0.2) is 23.1 Å². The smallest absolute Gasteiger partial charge is 0.321 e. The Labute approximate surface area is 111 Å². The molecule has 0 aliphatic carbocycles. The molecule has 0 bridgehead atoms. The molecule has 0 aromatic heterocycles. The van der Waals surface area contributed by atoms with E-state index in [0.29, 0.717) is 12.0 Å². The normalized spacial score (nSPS) is 13.2. The lowest BCUT2D eigenvalue weighted by atomic mass is 10.2. The van der Waals surface area contributed by atoms with Gasteiger partial charge >= 0.3 is 5.97 Å². The van der Waals surface area contributed by atoms with E-state index in [9.17, 15) is 17.6 Å². The first-order valence-corrected chi connectivity index (χ1v) is 7.27. The number of carboxylic acid groups (broad SMARTS) is 1. The van der Waals surface area contributed by atoms with Crippen LogP contribution >= 0.6 is 0 Å². The summed E-state index contributed by atoms with van der Waals surface area (Å²) in [6.45, 7) is 3.36. The Morgan fingerprint density at radius 1 is 1.47 bits per heavy atom. The van der Waals surface area contributed by atoms with Crippen molar-refractivity contribution < 1.29 is 22.7 Å². The van der Waals surface area contributed by atoms with Crippen LogP contribution in [0.1, 0.15) is 25.3 Å². The van der Waals surface area contributed by atoms with Crippen molar-refractivity contribution >= 4 is 16.0 Å². The number of rotatable bonds is 6. The molecule has 106 valence electrons. The molecule has 0 aliphatic rings. The highest BCUT2D eigenvalue weighted by molar-refractivity contribution is 7.89. The standard InChI is InChI=1S/C12H16FNO4S/c1-3-4-10(12(15)16)14-19(17,18)11-7-8(2)5-6-9(11)13/h5-7,10,14H,3-4H2,1-2H3,(H,15,16). The first-order chi connectivity index (χ1) is 8.77. The van der Waals surface area contributed by atoms with Crippen molar-refractivity contribution in [3.05, 3.63) is 29.6 Å². The largest absolute Gasteiger partial charge is 0.480 e. The number of sulfonamides is 1. The summed E-state index contributed by atoms with van der Waals surface area (Å²) < 4.78 is 39.5. The van der Waals surface area contributed by atoms with E-state index in [0.717, 1.165) is 6.07 Å². The van der Waals surface area contributed by atoms with Crippen molar-refractivity contribution in [1.29, 1.82) is 0 Å². The molecule has 1 aromatic rings. The summed E-state index contributed by atoms with van der Waals surface area (Å²) >= 11 is 0. The Balaban J connectivity index is 3.10. The van der Waals surface area contributed by atoms with Gasteiger partial charge in [-0.1, -0.05) is 19.4 Å². The van der Waals surface area contributed by atoms with Gasteiger partial charge in [-0.15, -0.1) is 0 Å². The van der Waals surface area contributed by atoms with Gasteiger partial charge in [-0.3, -0.25) is 4.79 Å². The van der Waals surface area contributed by atoms with Crippen LogP contribution in [0, 0.1) is 12.7 Å². The van der Waals surface area contributed by atoms with Crippen LogP contribution in [0.4, 0.5) is 4.39 Å². The predicted octanol–water partition coefficient (Wildman–Crippen LogP) is 1.67. The maximum atomic E-state index is 13.5. The molecule has 5 nitrogen and oxygen atoms in total. The van der Waals surface area contributed by atoms with Gasteiger partial charge in [-0.2, -0.15) is 4.72 Å². The van der Waals surface area contributed by atoms with E-state index in [1.54, 1.807) is 13.8 Å². The number of aliphatic carboxylic acids is 1. The molecule has 0 radical (unpaired) electrons. The second-order valence-electron chi connectivity index (χ2n) is 4.23. The average Bonchev–Trinajstić information content (AvgIpc) is 2.31. The van der Waals surface area contributed by atoms with Crippen molar-refractivity contribution in [1.82, 2.24) is 4.72 Å². The highest BCUT2D eigenvalue weighted by Gasteiger charge is 2.26. The van der Waals surface area contributed by atoms with Gasteiger partial charge in [0.25, 0.3) is 0 Å². The summed E-state index contributed by atoms with van der Waals surface area (Å²) in [6, 6.07) is 2.40. The van der Waals surface area contributed by atoms with Crippen LogP contribution < -0.4 is 4.72 Å². The molecule has 1 rings (SSSR count). The quantitative estimate of drug-likeness (QED) is 0.834. The number of hydrogen-bond acceptors (Lipinski definition) is 3. The summed E-state index contributed by atoms with van der Waals surface area (Å²) in [5, 5.41) is 8.92. The maximum absolute atomic E-state index is 13.5. The van der Waals surface area contributed by atoms with E-state index in [2.05, 4.69) is 0 Å². The minimum Gasteiger partial charge on any atom is -0.480 e. The SMILES string of the molecule is CCCC(NS(=O)(=O)c1cc(C)ccc1F)C(=O)O. The Hall–Kier alpha value is -1.47. The summed E-state index contributed by atoms with van der Waals surface area (Å²) in [4.78, 5) is 10.4. The zero-order valence-corrected chi connectivity index (χ0v) is 11.5. The van der Waals surface area contributed by atoms with E-state index < -0.39 is 32.7 Å². The Kier molecular flexibility index (Phi) is 5.02. The number of halogens is 1. The monoisotopic (exact) mass is 289 g/mol. The van der Waals surface area contributed by atoms with E-state index in [1.807, 2.05) is 4.72 Å². The summed E-state index contributed by atoms with van der Waals surface area (Å²) in [5.74, 6) is -2.18. The molecular weight excluding hydrogens is 273 g/mol. The molecule has 0 amide bonds. The molecule has 0 fully saturated rings. The molecule has 1 atom stereocenters. The van der Waals surface area contributed by atoms with E-state index >= 15 is 0 Å². The topological polar surface area (TPSA) is 83.5 Å². The number of aryl methyl sites for hydroxylation is 1. The third-order valence-electron chi connectivity index (χ3n) is 2.55. The third-order valence-corrected chi connectivity index (χ3v) is 4.04. The van der Waals surface area contributed by atoms with Crippen LogP contribution in [0.25, 0.3) is 0 Å². The van der Waals surface area contributed by atoms with E-state index in [-0.39, 0.29) is 6.42 Å². The molecule has 1 unspecified atom stereocenters. The lowest BCUT2D eigenvalue weighted by Gasteiger charge is -2.14. The van der Waals surface area contributed by atoms with Gasteiger partial charge in [0, 0.05) is 0 Å². The fraction of sp³-hybridized carbons (Fsp3) is 0.417.